The Labute approximate surface area is 73.7 Å². The number of rotatable bonds is 2. The van der Waals surface area contributed by atoms with E-state index in [0.717, 1.165) is 6.42 Å². The van der Waals surface area contributed by atoms with Gasteiger partial charge >= 0.3 is 0 Å². The van der Waals surface area contributed by atoms with Crippen LogP contribution in [0.25, 0.3) is 0 Å². The summed E-state index contributed by atoms with van der Waals surface area (Å²) in [6.45, 7) is 2.25. The second-order valence-electron chi connectivity index (χ2n) is 4.50. The van der Waals surface area contributed by atoms with Crippen LogP contribution in [-0.4, -0.2) is 19.8 Å². The molecular formula is C10H18FN. The molecule has 0 bridgehead atoms. The van der Waals surface area contributed by atoms with Gasteiger partial charge in [-0.25, -0.2) is 0 Å². The predicted molar refractivity (Wildman–Crippen MR) is 47.9 cm³/mol. The van der Waals surface area contributed by atoms with Gasteiger partial charge in [-0.3, -0.25) is 4.39 Å². The van der Waals surface area contributed by atoms with Crippen molar-refractivity contribution in [2.75, 3.05) is 19.8 Å². The summed E-state index contributed by atoms with van der Waals surface area (Å²) in [5.41, 5.74) is 0.644. The van der Waals surface area contributed by atoms with Crippen LogP contribution in [0.4, 0.5) is 4.39 Å². The smallest absolute Gasteiger partial charge is 0.0897 e. The molecule has 1 saturated carbocycles. The molecule has 0 aromatic heterocycles. The molecular weight excluding hydrogens is 153 g/mol. The zero-order valence-corrected chi connectivity index (χ0v) is 7.61. The summed E-state index contributed by atoms with van der Waals surface area (Å²) >= 11 is 0. The van der Waals surface area contributed by atoms with E-state index in [1.54, 1.807) is 0 Å². The topological polar surface area (TPSA) is 12.0 Å². The molecule has 1 aliphatic heterocycles. The van der Waals surface area contributed by atoms with Crippen LogP contribution in [0.1, 0.15) is 32.1 Å². The van der Waals surface area contributed by atoms with Crippen LogP contribution in [0.2, 0.25) is 0 Å². The molecule has 2 rings (SSSR count). The molecule has 0 radical (unpaired) electrons. The van der Waals surface area contributed by atoms with Crippen LogP contribution in [0.15, 0.2) is 0 Å². The Morgan fingerprint density at radius 3 is 2.50 bits per heavy atom. The average molecular weight is 171 g/mol. The lowest BCUT2D eigenvalue weighted by molar-refractivity contribution is 0.0145. The summed E-state index contributed by atoms with van der Waals surface area (Å²) in [6.07, 6.45) is 6.08. The van der Waals surface area contributed by atoms with Gasteiger partial charge in [0, 0.05) is 0 Å². The monoisotopic (exact) mass is 171 g/mol. The standard InChI is InChI=1S/C10H18FN/c11-4-1-9-7-10(8-9)2-5-12-6-3-10/h9,12H,1-8H2. The lowest BCUT2D eigenvalue weighted by atomic mass is 9.57. The predicted octanol–water partition coefficient (Wildman–Crippen LogP) is 2.13. The molecule has 70 valence electrons. The van der Waals surface area contributed by atoms with E-state index in [9.17, 15) is 4.39 Å². The molecule has 2 fully saturated rings. The van der Waals surface area contributed by atoms with Crippen molar-refractivity contribution < 1.29 is 4.39 Å². The minimum Gasteiger partial charge on any atom is -0.317 e. The number of piperidine rings is 1. The zero-order valence-electron chi connectivity index (χ0n) is 7.61. The van der Waals surface area contributed by atoms with E-state index >= 15 is 0 Å². The van der Waals surface area contributed by atoms with Crippen LogP contribution in [0.5, 0.6) is 0 Å². The lowest BCUT2D eigenvalue weighted by Crippen LogP contribution is -2.45. The summed E-state index contributed by atoms with van der Waals surface area (Å²) in [4.78, 5) is 0. The largest absolute Gasteiger partial charge is 0.317 e. The van der Waals surface area contributed by atoms with Crippen molar-refractivity contribution >= 4 is 0 Å². The zero-order chi connectivity index (χ0) is 8.44. The van der Waals surface area contributed by atoms with Crippen molar-refractivity contribution in [3.8, 4) is 0 Å². The molecule has 1 N–H and O–H groups in total. The Morgan fingerprint density at radius 2 is 1.92 bits per heavy atom. The van der Waals surface area contributed by atoms with Crippen LogP contribution in [0.3, 0.4) is 0 Å². The fourth-order valence-corrected chi connectivity index (χ4v) is 2.89. The number of nitrogens with one attached hydrogen (secondary N) is 1. The van der Waals surface area contributed by atoms with Gasteiger partial charge < -0.3 is 5.32 Å². The Balaban J connectivity index is 1.77. The minimum atomic E-state index is -0.112. The SMILES string of the molecule is FCCC1CC2(CCNCC2)C1. The van der Waals surface area contributed by atoms with E-state index < -0.39 is 0 Å². The Hall–Kier alpha value is -0.110. The first-order valence-electron chi connectivity index (χ1n) is 5.11. The molecule has 0 atom stereocenters. The molecule has 0 aromatic rings. The molecule has 2 aliphatic rings. The van der Waals surface area contributed by atoms with Gasteiger partial charge in [0.2, 0.25) is 0 Å². The fourth-order valence-electron chi connectivity index (χ4n) is 2.89. The van der Waals surface area contributed by atoms with Crippen LogP contribution in [-0.2, 0) is 0 Å². The van der Waals surface area contributed by atoms with Gasteiger partial charge in [-0.1, -0.05) is 0 Å². The van der Waals surface area contributed by atoms with Crippen LogP contribution in [0, 0.1) is 11.3 Å². The number of hydrogen-bond donors (Lipinski definition) is 1. The summed E-state index contributed by atoms with van der Waals surface area (Å²) in [5, 5.41) is 3.38. The van der Waals surface area contributed by atoms with Crippen molar-refractivity contribution in [3.63, 3.8) is 0 Å². The molecule has 1 spiro atoms. The van der Waals surface area contributed by atoms with Gasteiger partial charge in [0.25, 0.3) is 0 Å². The quantitative estimate of drug-likeness (QED) is 0.671. The average Bonchev–Trinajstić information content (AvgIpc) is 2.04. The van der Waals surface area contributed by atoms with E-state index in [-0.39, 0.29) is 6.67 Å². The highest BCUT2D eigenvalue weighted by Gasteiger charge is 2.43. The summed E-state index contributed by atoms with van der Waals surface area (Å²) in [7, 11) is 0. The third-order valence-corrected chi connectivity index (χ3v) is 3.62. The second kappa shape index (κ2) is 3.33. The molecule has 1 heterocycles. The molecule has 2 heteroatoms. The molecule has 1 aliphatic carbocycles. The Bertz CT molecular complexity index is 144. The normalized spacial score (nSPS) is 28.8. The van der Waals surface area contributed by atoms with Crippen molar-refractivity contribution in [1.82, 2.24) is 5.32 Å². The summed E-state index contributed by atoms with van der Waals surface area (Å²) < 4.78 is 12.0. The van der Waals surface area contributed by atoms with E-state index in [1.807, 2.05) is 0 Å². The van der Waals surface area contributed by atoms with Gasteiger partial charge in [0.1, 0.15) is 0 Å². The fraction of sp³-hybridized carbons (Fsp3) is 1.00. The van der Waals surface area contributed by atoms with E-state index in [2.05, 4.69) is 5.32 Å². The number of halogens is 1. The summed E-state index contributed by atoms with van der Waals surface area (Å²) in [6, 6.07) is 0. The third-order valence-electron chi connectivity index (χ3n) is 3.62. The molecule has 0 unspecified atom stereocenters. The van der Waals surface area contributed by atoms with Gasteiger partial charge in [0.15, 0.2) is 0 Å². The Morgan fingerprint density at radius 1 is 1.25 bits per heavy atom. The van der Waals surface area contributed by atoms with E-state index in [0.29, 0.717) is 11.3 Å². The van der Waals surface area contributed by atoms with Crippen molar-refractivity contribution in [1.29, 1.82) is 0 Å². The minimum absolute atomic E-state index is 0.112. The van der Waals surface area contributed by atoms with Crippen molar-refractivity contribution in [2.45, 2.75) is 32.1 Å². The van der Waals surface area contributed by atoms with Gasteiger partial charge in [-0.05, 0) is 56.5 Å². The third kappa shape index (κ3) is 1.49. The first kappa shape index (κ1) is 8.49. The maximum Gasteiger partial charge on any atom is 0.0897 e. The highest BCUT2D eigenvalue weighted by Crippen LogP contribution is 2.52. The molecule has 1 saturated heterocycles. The van der Waals surface area contributed by atoms with E-state index in [1.165, 1.54) is 38.8 Å². The first-order valence-corrected chi connectivity index (χ1v) is 5.11. The van der Waals surface area contributed by atoms with Gasteiger partial charge in [-0.2, -0.15) is 0 Å². The first-order chi connectivity index (χ1) is 5.85. The maximum absolute atomic E-state index is 12.0. The highest BCUT2D eigenvalue weighted by atomic mass is 19.1. The Kier molecular flexibility index (Phi) is 2.35. The highest BCUT2D eigenvalue weighted by molar-refractivity contribution is 4.95. The maximum atomic E-state index is 12.0. The van der Waals surface area contributed by atoms with E-state index in [4.69, 9.17) is 0 Å². The van der Waals surface area contributed by atoms with Crippen molar-refractivity contribution in [3.05, 3.63) is 0 Å². The lowest BCUT2D eigenvalue weighted by Gasteiger charge is -2.50. The molecule has 0 aromatic carbocycles. The second-order valence-corrected chi connectivity index (χ2v) is 4.50. The molecule has 12 heavy (non-hydrogen) atoms. The summed E-state index contributed by atoms with van der Waals surface area (Å²) in [5.74, 6) is 0.716. The molecule has 0 amide bonds. The molecule has 1 nitrogen and oxygen atoms in total. The van der Waals surface area contributed by atoms with Crippen LogP contribution < -0.4 is 5.32 Å². The van der Waals surface area contributed by atoms with Gasteiger partial charge in [-0.15, -0.1) is 0 Å². The van der Waals surface area contributed by atoms with Crippen LogP contribution >= 0.6 is 0 Å². The number of alkyl halides is 1. The number of hydrogen-bond acceptors (Lipinski definition) is 1. The van der Waals surface area contributed by atoms with Crippen molar-refractivity contribution in [2.24, 2.45) is 11.3 Å². The van der Waals surface area contributed by atoms with Gasteiger partial charge in [0.05, 0.1) is 6.67 Å².